The highest BCUT2D eigenvalue weighted by molar-refractivity contribution is 6.31. The molecule has 4 nitrogen and oxygen atoms in total. The van der Waals surface area contributed by atoms with Gasteiger partial charge in [-0.25, -0.2) is 15.2 Å². The Morgan fingerprint density at radius 1 is 1.39 bits per heavy atom. The number of anilines is 1. The molecular formula is C12H16ClFN4. The topological polar surface area (TPSA) is 62.4 Å². The minimum Gasteiger partial charge on any atom is -0.325 e. The molecule has 1 aromatic carbocycles. The zero-order valence-electron chi connectivity index (χ0n) is 9.92. The van der Waals surface area contributed by atoms with Crippen LogP contribution in [0.25, 0.3) is 0 Å². The Morgan fingerprint density at radius 2 is 2.11 bits per heavy atom. The first-order valence-corrected chi connectivity index (χ1v) is 6.33. The predicted octanol–water partition coefficient (Wildman–Crippen LogP) is 2.65. The summed E-state index contributed by atoms with van der Waals surface area (Å²) in [4.78, 5) is 4.47. The van der Waals surface area contributed by atoms with E-state index in [0.717, 1.165) is 12.8 Å². The van der Waals surface area contributed by atoms with Crippen molar-refractivity contribution in [2.75, 3.05) is 5.32 Å². The fourth-order valence-corrected chi connectivity index (χ4v) is 2.21. The van der Waals surface area contributed by atoms with Crippen LogP contribution in [-0.2, 0) is 0 Å². The largest absolute Gasteiger partial charge is 0.325 e. The number of halogens is 2. The highest BCUT2D eigenvalue weighted by Gasteiger charge is 2.14. The van der Waals surface area contributed by atoms with Crippen molar-refractivity contribution in [1.29, 1.82) is 0 Å². The zero-order chi connectivity index (χ0) is 13.0. The molecular weight excluding hydrogens is 255 g/mol. The smallest absolute Gasteiger partial charge is 0.210 e. The van der Waals surface area contributed by atoms with E-state index in [2.05, 4.69) is 15.7 Å². The second-order valence-corrected chi connectivity index (χ2v) is 4.72. The first-order chi connectivity index (χ1) is 8.69. The molecule has 1 saturated carbocycles. The van der Waals surface area contributed by atoms with E-state index in [1.165, 1.54) is 25.0 Å². The van der Waals surface area contributed by atoms with Crippen molar-refractivity contribution in [3.05, 3.63) is 29.0 Å². The van der Waals surface area contributed by atoms with Crippen LogP contribution in [0.3, 0.4) is 0 Å². The van der Waals surface area contributed by atoms with E-state index in [4.69, 9.17) is 17.4 Å². The number of nitrogens with two attached hydrogens (primary N) is 1. The van der Waals surface area contributed by atoms with Gasteiger partial charge in [0.1, 0.15) is 5.82 Å². The van der Waals surface area contributed by atoms with Crippen LogP contribution in [0.15, 0.2) is 23.2 Å². The Labute approximate surface area is 110 Å². The van der Waals surface area contributed by atoms with Crippen molar-refractivity contribution in [3.8, 4) is 0 Å². The average Bonchev–Trinajstić information content (AvgIpc) is 2.86. The minimum absolute atomic E-state index is 0.0669. The molecule has 2 rings (SSSR count). The molecule has 98 valence electrons. The molecule has 0 radical (unpaired) electrons. The number of aliphatic imine (C=N–C) groups is 1. The molecule has 0 heterocycles. The number of guanidine groups is 1. The Morgan fingerprint density at radius 3 is 2.72 bits per heavy atom. The standard InChI is InChI=1S/C12H16ClFN4/c13-10-7-9(5-6-11(10)14)17-12(18-15)16-8-3-1-2-4-8/h5-8H,1-4,15H2,(H2,16,17,18). The van der Waals surface area contributed by atoms with Gasteiger partial charge in [-0.2, -0.15) is 0 Å². The van der Waals surface area contributed by atoms with Gasteiger partial charge in [0.25, 0.3) is 0 Å². The van der Waals surface area contributed by atoms with E-state index in [0.29, 0.717) is 17.7 Å². The molecule has 0 amide bonds. The van der Waals surface area contributed by atoms with Crippen LogP contribution in [0.1, 0.15) is 25.7 Å². The lowest BCUT2D eigenvalue weighted by Gasteiger charge is -2.12. The first-order valence-electron chi connectivity index (χ1n) is 5.95. The SMILES string of the molecule is NNC(=NC1CCCC1)Nc1ccc(F)c(Cl)c1. The number of hydrazine groups is 1. The van der Waals surface area contributed by atoms with Gasteiger partial charge in [0.05, 0.1) is 11.1 Å². The Bertz CT molecular complexity index is 444. The summed E-state index contributed by atoms with van der Waals surface area (Å²) in [5, 5.41) is 3.05. The maximum atomic E-state index is 13.0. The lowest BCUT2D eigenvalue weighted by Crippen LogP contribution is -2.37. The molecule has 1 aliphatic carbocycles. The van der Waals surface area contributed by atoms with E-state index >= 15 is 0 Å². The van der Waals surface area contributed by atoms with Gasteiger partial charge in [0, 0.05) is 5.69 Å². The molecule has 0 saturated heterocycles. The highest BCUT2D eigenvalue weighted by Crippen LogP contribution is 2.22. The van der Waals surface area contributed by atoms with Crippen molar-refractivity contribution in [2.45, 2.75) is 31.7 Å². The van der Waals surface area contributed by atoms with Crippen molar-refractivity contribution < 1.29 is 4.39 Å². The van der Waals surface area contributed by atoms with Crippen molar-refractivity contribution >= 4 is 23.2 Å². The Hall–Kier alpha value is -1.33. The fraction of sp³-hybridized carbons (Fsp3) is 0.417. The molecule has 6 heteroatoms. The van der Waals surface area contributed by atoms with E-state index in [-0.39, 0.29) is 5.02 Å². The van der Waals surface area contributed by atoms with Gasteiger partial charge in [-0.1, -0.05) is 24.4 Å². The van der Waals surface area contributed by atoms with Crippen LogP contribution in [0.2, 0.25) is 5.02 Å². The molecule has 0 bridgehead atoms. The Balaban J connectivity index is 2.07. The monoisotopic (exact) mass is 270 g/mol. The first kappa shape index (κ1) is 13.1. The third-order valence-electron chi connectivity index (χ3n) is 2.96. The molecule has 0 unspecified atom stereocenters. The van der Waals surface area contributed by atoms with Gasteiger partial charge in [-0.3, -0.25) is 5.43 Å². The highest BCUT2D eigenvalue weighted by atomic mass is 35.5. The number of nitrogens with zero attached hydrogens (tertiary/aromatic N) is 1. The van der Waals surface area contributed by atoms with Gasteiger partial charge in [-0.15, -0.1) is 0 Å². The molecule has 0 aromatic heterocycles. The van der Waals surface area contributed by atoms with E-state index in [9.17, 15) is 4.39 Å². The van der Waals surface area contributed by atoms with Crippen LogP contribution < -0.4 is 16.6 Å². The van der Waals surface area contributed by atoms with E-state index in [1.807, 2.05) is 0 Å². The fourth-order valence-electron chi connectivity index (χ4n) is 2.03. The summed E-state index contributed by atoms with van der Waals surface area (Å²) >= 11 is 5.70. The molecule has 1 aliphatic rings. The zero-order valence-corrected chi connectivity index (χ0v) is 10.7. The number of nitrogens with one attached hydrogen (secondary N) is 2. The number of hydrogen-bond acceptors (Lipinski definition) is 2. The Kier molecular flexibility index (Phi) is 4.38. The van der Waals surface area contributed by atoms with E-state index in [1.54, 1.807) is 6.07 Å². The van der Waals surface area contributed by atoms with Crippen LogP contribution >= 0.6 is 11.6 Å². The molecule has 0 aliphatic heterocycles. The van der Waals surface area contributed by atoms with Gasteiger partial charge in [-0.05, 0) is 31.0 Å². The number of benzene rings is 1. The lowest BCUT2D eigenvalue weighted by atomic mass is 10.3. The summed E-state index contributed by atoms with van der Waals surface area (Å²) in [5.74, 6) is 5.45. The summed E-state index contributed by atoms with van der Waals surface area (Å²) in [7, 11) is 0. The molecule has 1 aromatic rings. The third-order valence-corrected chi connectivity index (χ3v) is 3.25. The molecule has 0 spiro atoms. The number of rotatable bonds is 2. The molecule has 1 fully saturated rings. The van der Waals surface area contributed by atoms with Gasteiger partial charge >= 0.3 is 0 Å². The average molecular weight is 271 g/mol. The summed E-state index contributed by atoms with van der Waals surface area (Å²) in [6.07, 6.45) is 4.57. The second-order valence-electron chi connectivity index (χ2n) is 4.31. The lowest BCUT2D eigenvalue weighted by molar-refractivity contribution is 0.628. The molecule has 4 N–H and O–H groups in total. The van der Waals surface area contributed by atoms with Crippen LogP contribution in [0.5, 0.6) is 0 Å². The van der Waals surface area contributed by atoms with E-state index < -0.39 is 5.82 Å². The van der Waals surface area contributed by atoms with Crippen molar-refractivity contribution in [2.24, 2.45) is 10.8 Å². The van der Waals surface area contributed by atoms with Gasteiger partial charge < -0.3 is 5.32 Å². The maximum Gasteiger partial charge on any atom is 0.210 e. The van der Waals surface area contributed by atoms with Crippen molar-refractivity contribution in [3.63, 3.8) is 0 Å². The second kappa shape index (κ2) is 6.02. The summed E-state index contributed by atoms with van der Waals surface area (Å²) in [5.41, 5.74) is 3.16. The number of hydrogen-bond donors (Lipinski definition) is 3. The van der Waals surface area contributed by atoms with Crippen LogP contribution in [-0.4, -0.2) is 12.0 Å². The van der Waals surface area contributed by atoms with Crippen LogP contribution in [0, 0.1) is 5.82 Å². The van der Waals surface area contributed by atoms with Gasteiger partial charge in [0.15, 0.2) is 0 Å². The quantitative estimate of drug-likeness (QED) is 0.335. The summed E-state index contributed by atoms with van der Waals surface area (Å²) < 4.78 is 13.0. The molecule has 0 atom stereocenters. The van der Waals surface area contributed by atoms with Crippen LogP contribution in [0.4, 0.5) is 10.1 Å². The summed E-state index contributed by atoms with van der Waals surface area (Å²) in [6, 6.07) is 4.69. The van der Waals surface area contributed by atoms with Crippen molar-refractivity contribution in [1.82, 2.24) is 5.43 Å². The normalized spacial score (nSPS) is 16.9. The van der Waals surface area contributed by atoms with Gasteiger partial charge in [0.2, 0.25) is 5.96 Å². The maximum absolute atomic E-state index is 13.0. The minimum atomic E-state index is -0.447. The summed E-state index contributed by atoms with van der Waals surface area (Å²) in [6.45, 7) is 0. The predicted molar refractivity (Wildman–Crippen MR) is 72.0 cm³/mol. The third kappa shape index (κ3) is 3.34. The molecule has 18 heavy (non-hydrogen) atoms.